The number of amides is 1. The molecule has 0 spiro atoms. The van der Waals surface area contributed by atoms with Crippen LogP contribution >= 0.6 is 0 Å². The molecule has 0 atom stereocenters. The Morgan fingerprint density at radius 2 is 1.63 bits per heavy atom. The Hall–Kier alpha value is -3.37. The first kappa shape index (κ1) is 29.2. The van der Waals surface area contributed by atoms with Crippen LogP contribution in [0.25, 0.3) is 28.2 Å². The topological polar surface area (TPSA) is 113 Å². The summed E-state index contributed by atoms with van der Waals surface area (Å²) in [5.41, 5.74) is 3.26. The van der Waals surface area contributed by atoms with Crippen LogP contribution in [0.15, 0.2) is 77.7 Å². The van der Waals surface area contributed by atoms with Gasteiger partial charge in [-0.05, 0) is 47.9 Å². The SMILES string of the molecule is CCC(=O)NS(=O)(=O)c1ccc(C(=O)/C=C/c2cc(-c3cc4ccccc4[n-]3)c(OC)cc2OC)cc1.[Na+]. The van der Waals surface area contributed by atoms with Crippen LogP contribution in [0.4, 0.5) is 0 Å². The van der Waals surface area contributed by atoms with E-state index in [0.29, 0.717) is 17.1 Å². The Bertz CT molecular complexity index is 1580. The zero-order valence-corrected chi connectivity index (χ0v) is 24.3. The average molecular weight is 541 g/mol. The summed E-state index contributed by atoms with van der Waals surface area (Å²) in [6, 6.07) is 18.7. The molecule has 0 aliphatic carbocycles. The van der Waals surface area contributed by atoms with Crippen molar-refractivity contribution in [3.8, 4) is 22.8 Å². The van der Waals surface area contributed by atoms with Gasteiger partial charge in [0, 0.05) is 29.2 Å². The standard InChI is InChI=1S/C28H25N2O6S.Na/c1-4-28(32)30-37(33,34)21-12-9-18(10-13-21)25(31)14-11-20-15-22(27(36-3)17-26(20)35-2)24-16-19-7-5-6-8-23(19)29-24;/h5-17H,4H2,1-3H3,(H,30,32);/q-1;+1/b14-11+;. The van der Waals surface area contributed by atoms with E-state index in [1.807, 2.05) is 41.1 Å². The number of hydrogen-bond donors (Lipinski definition) is 1. The third-order valence-corrected chi connectivity index (χ3v) is 7.12. The van der Waals surface area contributed by atoms with Gasteiger partial charge in [0.15, 0.2) is 5.78 Å². The molecule has 0 aliphatic rings. The monoisotopic (exact) mass is 540 g/mol. The second kappa shape index (κ2) is 12.4. The minimum absolute atomic E-state index is 0. The fraction of sp³-hybridized carbons (Fsp3) is 0.143. The second-order valence-corrected chi connectivity index (χ2v) is 9.78. The number of carbonyl (C=O) groups is 2. The number of carbonyl (C=O) groups excluding carboxylic acids is 2. The van der Waals surface area contributed by atoms with Gasteiger partial charge in [-0.15, -0.1) is 11.2 Å². The molecule has 0 unspecified atom stereocenters. The van der Waals surface area contributed by atoms with E-state index >= 15 is 0 Å². The average Bonchev–Trinajstić information content (AvgIpc) is 3.35. The van der Waals surface area contributed by atoms with E-state index in [1.54, 1.807) is 26.2 Å². The Labute approximate surface area is 243 Å². The van der Waals surface area contributed by atoms with Crippen molar-refractivity contribution >= 4 is 38.7 Å². The molecule has 0 saturated carbocycles. The zero-order chi connectivity index (χ0) is 26.6. The number of nitrogens with zero attached hydrogens (tertiary/aromatic N) is 1. The molecule has 0 saturated heterocycles. The Morgan fingerprint density at radius 3 is 2.26 bits per heavy atom. The van der Waals surface area contributed by atoms with E-state index in [1.165, 1.54) is 37.5 Å². The molecular weight excluding hydrogens is 515 g/mol. The zero-order valence-electron chi connectivity index (χ0n) is 21.5. The summed E-state index contributed by atoms with van der Waals surface area (Å²) in [5.74, 6) is 0.142. The third kappa shape index (κ3) is 6.36. The van der Waals surface area contributed by atoms with Crippen LogP contribution in [0.2, 0.25) is 0 Å². The molecule has 0 fully saturated rings. The van der Waals surface area contributed by atoms with Crippen molar-refractivity contribution in [1.82, 2.24) is 9.71 Å². The van der Waals surface area contributed by atoms with Crippen molar-refractivity contribution < 1.29 is 57.0 Å². The molecule has 3 aromatic carbocycles. The van der Waals surface area contributed by atoms with E-state index in [2.05, 4.69) is 0 Å². The first-order chi connectivity index (χ1) is 17.7. The summed E-state index contributed by atoms with van der Waals surface area (Å²) >= 11 is 0. The van der Waals surface area contributed by atoms with Crippen molar-refractivity contribution in [1.29, 1.82) is 0 Å². The molecular formula is C28H25N2NaO6S. The van der Waals surface area contributed by atoms with E-state index in [-0.39, 0.29) is 52.2 Å². The predicted octanol–water partition coefficient (Wildman–Crippen LogP) is 1.60. The number of ether oxygens (including phenoxy) is 2. The van der Waals surface area contributed by atoms with Gasteiger partial charge in [-0.25, -0.2) is 13.1 Å². The molecule has 0 radical (unpaired) electrons. The van der Waals surface area contributed by atoms with E-state index in [4.69, 9.17) is 14.5 Å². The molecule has 1 N–H and O–H groups in total. The first-order valence-corrected chi connectivity index (χ1v) is 12.9. The van der Waals surface area contributed by atoms with Crippen molar-refractivity contribution in [3.63, 3.8) is 0 Å². The number of para-hydroxylation sites is 1. The molecule has 0 bridgehead atoms. The van der Waals surface area contributed by atoms with Gasteiger partial charge in [-0.3, -0.25) is 9.59 Å². The number of benzene rings is 3. The van der Waals surface area contributed by atoms with Gasteiger partial charge in [0.1, 0.15) is 11.5 Å². The number of nitrogens with one attached hydrogen (secondary N) is 1. The number of hydrogen-bond acceptors (Lipinski definition) is 6. The van der Waals surface area contributed by atoms with Gasteiger partial charge in [-0.1, -0.05) is 37.3 Å². The second-order valence-electron chi connectivity index (χ2n) is 8.10. The molecule has 38 heavy (non-hydrogen) atoms. The van der Waals surface area contributed by atoms with E-state index in [0.717, 1.165) is 22.2 Å². The van der Waals surface area contributed by atoms with Gasteiger partial charge in [-0.2, -0.15) is 0 Å². The summed E-state index contributed by atoms with van der Waals surface area (Å²) in [5, 5.41) is 1.00. The fourth-order valence-corrected chi connectivity index (χ4v) is 4.81. The smallest absolute Gasteiger partial charge is 0.657 e. The van der Waals surface area contributed by atoms with Gasteiger partial charge in [0.25, 0.3) is 10.0 Å². The van der Waals surface area contributed by atoms with Crippen LogP contribution in [0.5, 0.6) is 11.5 Å². The number of rotatable bonds is 9. The first-order valence-electron chi connectivity index (χ1n) is 11.4. The Kier molecular flexibility index (Phi) is 9.56. The van der Waals surface area contributed by atoms with Crippen LogP contribution < -0.4 is 48.7 Å². The number of ketones is 1. The summed E-state index contributed by atoms with van der Waals surface area (Å²) in [4.78, 5) is 28.9. The van der Waals surface area contributed by atoms with Crippen LogP contribution in [0, 0.1) is 0 Å². The maximum absolute atomic E-state index is 12.8. The maximum atomic E-state index is 12.8. The van der Waals surface area contributed by atoms with E-state index < -0.39 is 15.9 Å². The van der Waals surface area contributed by atoms with Crippen LogP contribution in [-0.2, 0) is 14.8 Å². The summed E-state index contributed by atoms with van der Waals surface area (Å²) < 4.78 is 37.6. The van der Waals surface area contributed by atoms with Crippen LogP contribution in [-0.4, -0.2) is 34.3 Å². The van der Waals surface area contributed by atoms with Crippen molar-refractivity contribution in [2.45, 2.75) is 18.2 Å². The minimum atomic E-state index is -3.99. The summed E-state index contributed by atoms with van der Waals surface area (Å²) in [7, 11) is -0.895. The van der Waals surface area contributed by atoms with Gasteiger partial charge < -0.3 is 14.5 Å². The van der Waals surface area contributed by atoms with Gasteiger partial charge in [0.2, 0.25) is 5.91 Å². The number of fused-ring (bicyclic) bond motifs is 1. The van der Waals surface area contributed by atoms with Crippen molar-refractivity contribution in [3.05, 3.63) is 83.9 Å². The molecule has 1 amide bonds. The number of allylic oxidation sites excluding steroid dienone is 1. The normalized spacial score (nSPS) is 11.2. The number of sulfonamides is 1. The largest absolute Gasteiger partial charge is 1.00 e. The third-order valence-electron chi connectivity index (χ3n) is 5.73. The number of aromatic nitrogens is 1. The molecule has 4 rings (SSSR count). The predicted molar refractivity (Wildman–Crippen MR) is 141 cm³/mol. The molecule has 190 valence electrons. The molecule has 1 heterocycles. The molecule has 8 nitrogen and oxygen atoms in total. The Balaban J connectivity index is 0.00000400. The van der Waals surface area contributed by atoms with Gasteiger partial charge in [0.05, 0.1) is 19.1 Å². The fourth-order valence-electron chi connectivity index (χ4n) is 3.75. The molecule has 0 aliphatic heterocycles. The quantitative estimate of drug-likeness (QED) is 0.195. The van der Waals surface area contributed by atoms with Crippen LogP contribution in [0.1, 0.15) is 29.3 Å². The molecule has 10 heteroatoms. The minimum Gasteiger partial charge on any atom is -0.657 e. The number of methoxy groups -OCH3 is 2. The molecule has 4 aromatic rings. The van der Waals surface area contributed by atoms with Crippen molar-refractivity contribution in [2.24, 2.45) is 0 Å². The van der Waals surface area contributed by atoms with Crippen molar-refractivity contribution in [2.75, 3.05) is 14.2 Å². The van der Waals surface area contributed by atoms with Gasteiger partial charge >= 0.3 is 29.6 Å². The summed E-state index contributed by atoms with van der Waals surface area (Å²) in [6.07, 6.45) is 3.04. The molecule has 1 aromatic heterocycles. The maximum Gasteiger partial charge on any atom is 1.00 e. The van der Waals surface area contributed by atoms with E-state index in [9.17, 15) is 18.0 Å². The Morgan fingerprint density at radius 1 is 0.947 bits per heavy atom. The van der Waals surface area contributed by atoms with Crippen LogP contribution in [0.3, 0.4) is 0 Å². The summed E-state index contributed by atoms with van der Waals surface area (Å²) in [6.45, 7) is 1.55.